The van der Waals surface area contributed by atoms with Gasteiger partial charge in [0.1, 0.15) is 5.60 Å². The van der Waals surface area contributed by atoms with Crippen molar-refractivity contribution < 1.29 is 9.53 Å². The maximum Gasteiger partial charge on any atom is 0.194 e. The molecule has 1 aliphatic carbocycles. The van der Waals surface area contributed by atoms with Crippen LogP contribution in [0, 0.1) is 6.92 Å². The van der Waals surface area contributed by atoms with Crippen LogP contribution in [0.2, 0.25) is 0 Å². The van der Waals surface area contributed by atoms with Gasteiger partial charge in [-0.05, 0) is 26.7 Å². The fourth-order valence-corrected chi connectivity index (χ4v) is 2.80. The van der Waals surface area contributed by atoms with E-state index in [2.05, 4.69) is 0 Å². The molecule has 0 saturated heterocycles. The number of ketones is 1. The Bertz CT molecular complexity index is 394. The van der Waals surface area contributed by atoms with Crippen LogP contribution in [0.1, 0.15) is 54.9 Å². The van der Waals surface area contributed by atoms with E-state index >= 15 is 0 Å². The van der Waals surface area contributed by atoms with Gasteiger partial charge in [0.25, 0.3) is 0 Å². The molecular formula is C16H22O2. The first kappa shape index (κ1) is 13.3. The third-order valence-electron chi connectivity index (χ3n) is 3.81. The molecule has 98 valence electrons. The molecule has 0 unspecified atom stereocenters. The van der Waals surface area contributed by atoms with Crippen LogP contribution in [0.15, 0.2) is 24.3 Å². The van der Waals surface area contributed by atoms with Gasteiger partial charge in [-0.15, -0.1) is 0 Å². The lowest BCUT2D eigenvalue weighted by atomic mass is 9.79. The van der Waals surface area contributed by atoms with Gasteiger partial charge in [-0.25, -0.2) is 0 Å². The number of hydrogen-bond donors (Lipinski definition) is 0. The van der Waals surface area contributed by atoms with E-state index in [4.69, 9.17) is 4.74 Å². The number of rotatable bonds is 4. The van der Waals surface area contributed by atoms with Crippen LogP contribution in [0.3, 0.4) is 0 Å². The minimum absolute atomic E-state index is 0.170. The van der Waals surface area contributed by atoms with Crippen LogP contribution in [-0.2, 0) is 4.74 Å². The summed E-state index contributed by atoms with van der Waals surface area (Å²) in [6.07, 6.45) is 5.15. The molecular weight excluding hydrogens is 224 g/mol. The Morgan fingerprint density at radius 2 is 1.78 bits per heavy atom. The molecule has 0 N–H and O–H groups in total. The van der Waals surface area contributed by atoms with Crippen LogP contribution < -0.4 is 0 Å². The molecule has 0 spiro atoms. The predicted molar refractivity (Wildman–Crippen MR) is 73.0 cm³/mol. The number of aryl methyl sites for hydroxylation is 1. The molecule has 0 aliphatic heterocycles. The second-order valence-electron chi connectivity index (χ2n) is 5.18. The number of hydrogen-bond acceptors (Lipinski definition) is 2. The van der Waals surface area contributed by atoms with Gasteiger partial charge in [0.05, 0.1) is 0 Å². The SMILES string of the molecule is CCOC1(C(=O)c2ccc(C)cc2)CCCCC1. The quantitative estimate of drug-likeness (QED) is 0.753. The zero-order chi connectivity index (χ0) is 13.0. The Morgan fingerprint density at radius 1 is 1.17 bits per heavy atom. The van der Waals surface area contributed by atoms with Gasteiger partial charge >= 0.3 is 0 Å². The Labute approximate surface area is 109 Å². The summed E-state index contributed by atoms with van der Waals surface area (Å²) < 4.78 is 5.87. The highest BCUT2D eigenvalue weighted by Gasteiger charge is 2.40. The van der Waals surface area contributed by atoms with Gasteiger partial charge < -0.3 is 4.74 Å². The molecule has 2 heteroatoms. The number of benzene rings is 1. The monoisotopic (exact) mass is 246 g/mol. The van der Waals surface area contributed by atoms with Crippen molar-refractivity contribution in [1.82, 2.24) is 0 Å². The summed E-state index contributed by atoms with van der Waals surface area (Å²) in [7, 11) is 0. The minimum atomic E-state index is -0.553. The lowest BCUT2D eigenvalue weighted by molar-refractivity contribution is -0.0411. The topological polar surface area (TPSA) is 26.3 Å². The van der Waals surface area contributed by atoms with Gasteiger partial charge in [0.15, 0.2) is 5.78 Å². The molecule has 2 rings (SSSR count). The zero-order valence-electron chi connectivity index (χ0n) is 11.4. The van der Waals surface area contributed by atoms with E-state index in [0.29, 0.717) is 6.61 Å². The summed E-state index contributed by atoms with van der Waals surface area (Å²) in [6.45, 7) is 4.61. The summed E-state index contributed by atoms with van der Waals surface area (Å²) >= 11 is 0. The van der Waals surface area contributed by atoms with Crippen molar-refractivity contribution in [1.29, 1.82) is 0 Å². The first-order valence-electron chi connectivity index (χ1n) is 6.93. The maximum absolute atomic E-state index is 12.7. The Morgan fingerprint density at radius 3 is 2.33 bits per heavy atom. The molecule has 1 fully saturated rings. The number of ether oxygens (including phenoxy) is 1. The summed E-state index contributed by atoms with van der Waals surface area (Å²) in [4.78, 5) is 12.7. The van der Waals surface area contributed by atoms with E-state index in [9.17, 15) is 4.79 Å². The van der Waals surface area contributed by atoms with E-state index in [1.54, 1.807) is 0 Å². The molecule has 1 aromatic carbocycles. The van der Waals surface area contributed by atoms with E-state index in [1.807, 2.05) is 38.1 Å². The number of Topliss-reactive ketones (excluding diaryl/α,β-unsaturated/α-hetero) is 1. The van der Waals surface area contributed by atoms with Crippen molar-refractivity contribution in [2.75, 3.05) is 6.61 Å². The summed E-state index contributed by atoms with van der Waals surface area (Å²) in [5.41, 5.74) is 1.42. The highest BCUT2D eigenvalue weighted by atomic mass is 16.5. The fraction of sp³-hybridized carbons (Fsp3) is 0.562. The third kappa shape index (κ3) is 2.64. The minimum Gasteiger partial charge on any atom is -0.367 e. The Balaban J connectivity index is 2.24. The molecule has 18 heavy (non-hydrogen) atoms. The van der Waals surface area contributed by atoms with Crippen LogP contribution >= 0.6 is 0 Å². The molecule has 0 heterocycles. The molecule has 0 aromatic heterocycles. The van der Waals surface area contributed by atoms with Crippen molar-refractivity contribution in [3.05, 3.63) is 35.4 Å². The van der Waals surface area contributed by atoms with E-state index < -0.39 is 5.60 Å². The third-order valence-corrected chi connectivity index (χ3v) is 3.81. The molecule has 0 amide bonds. The van der Waals surface area contributed by atoms with E-state index in [-0.39, 0.29) is 5.78 Å². The molecule has 1 saturated carbocycles. The van der Waals surface area contributed by atoms with Crippen molar-refractivity contribution in [3.63, 3.8) is 0 Å². The van der Waals surface area contributed by atoms with Crippen LogP contribution in [0.25, 0.3) is 0 Å². The van der Waals surface area contributed by atoms with Gasteiger partial charge in [-0.1, -0.05) is 49.1 Å². The van der Waals surface area contributed by atoms with Crippen molar-refractivity contribution in [2.24, 2.45) is 0 Å². The van der Waals surface area contributed by atoms with Crippen LogP contribution in [0.4, 0.5) is 0 Å². The molecule has 0 radical (unpaired) electrons. The second-order valence-corrected chi connectivity index (χ2v) is 5.18. The summed E-state index contributed by atoms with van der Waals surface area (Å²) in [6, 6.07) is 7.84. The first-order chi connectivity index (χ1) is 8.68. The van der Waals surface area contributed by atoms with E-state index in [0.717, 1.165) is 31.2 Å². The number of carbonyl (C=O) groups excluding carboxylic acids is 1. The predicted octanol–water partition coefficient (Wildman–Crippen LogP) is 3.92. The highest BCUT2D eigenvalue weighted by Crippen LogP contribution is 2.34. The number of carbonyl (C=O) groups is 1. The molecule has 1 aliphatic rings. The van der Waals surface area contributed by atoms with Crippen molar-refractivity contribution in [3.8, 4) is 0 Å². The molecule has 1 aromatic rings. The highest BCUT2D eigenvalue weighted by molar-refractivity contribution is 6.02. The van der Waals surface area contributed by atoms with Crippen LogP contribution in [0.5, 0.6) is 0 Å². The van der Waals surface area contributed by atoms with Gasteiger partial charge in [0.2, 0.25) is 0 Å². The summed E-state index contributed by atoms with van der Waals surface area (Å²) in [5, 5.41) is 0. The average molecular weight is 246 g/mol. The van der Waals surface area contributed by atoms with Crippen molar-refractivity contribution >= 4 is 5.78 Å². The largest absolute Gasteiger partial charge is 0.367 e. The van der Waals surface area contributed by atoms with Crippen molar-refractivity contribution in [2.45, 2.75) is 51.6 Å². The average Bonchev–Trinajstić information content (AvgIpc) is 2.40. The maximum atomic E-state index is 12.7. The van der Waals surface area contributed by atoms with Crippen LogP contribution in [-0.4, -0.2) is 18.0 Å². The normalized spacial score (nSPS) is 18.6. The Kier molecular flexibility index (Phi) is 4.18. The second kappa shape index (κ2) is 5.66. The zero-order valence-corrected chi connectivity index (χ0v) is 11.4. The van der Waals surface area contributed by atoms with Gasteiger partial charge in [-0.3, -0.25) is 4.79 Å². The standard InChI is InChI=1S/C16H22O2/c1-3-18-16(11-5-4-6-12-16)15(17)14-9-7-13(2)8-10-14/h7-10H,3-6,11-12H2,1-2H3. The van der Waals surface area contributed by atoms with Gasteiger partial charge in [-0.2, -0.15) is 0 Å². The lowest BCUT2D eigenvalue weighted by Gasteiger charge is -2.35. The molecule has 0 bridgehead atoms. The first-order valence-corrected chi connectivity index (χ1v) is 6.93. The van der Waals surface area contributed by atoms with Gasteiger partial charge in [0, 0.05) is 12.2 Å². The lowest BCUT2D eigenvalue weighted by Crippen LogP contribution is -2.43. The molecule has 2 nitrogen and oxygen atoms in total. The fourth-order valence-electron chi connectivity index (χ4n) is 2.80. The van der Waals surface area contributed by atoms with E-state index in [1.165, 1.54) is 12.0 Å². The Hall–Kier alpha value is -1.15. The smallest absolute Gasteiger partial charge is 0.194 e. The molecule has 0 atom stereocenters. The summed E-state index contributed by atoms with van der Waals surface area (Å²) in [5.74, 6) is 0.170.